The van der Waals surface area contributed by atoms with Gasteiger partial charge < -0.3 is 15.0 Å². The summed E-state index contributed by atoms with van der Waals surface area (Å²) in [6.45, 7) is 11.6. The van der Waals surface area contributed by atoms with Gasteiger partial charge in [0.15, 0.2) is 0 Å². The molecule has 5 heteroatoms. The number of benzene rings is 3. The quantitative estimate of drug-likeness (QED) is 0.299. The maximum absolute atomic E-state index is 13.9. The lowest BCUT2D eigenvalue weighted by Gasteiger charge is -2.32. The number of hydrogen-bond donors (Lipinski definition) is 1. The molecule has 5 nitrogen and oxygen atoms in total. The van der Waals surface area contributed by atoms with Crippen LogP contribution in [0.5, 0.6) is 5.75 Å². The van der Waals surface area contributed by atoms with E-state index >= 15 is 0 Å². The minimum atomic E-state index is -0.631. The number of nitrogens with one attached hydrogen (secondary N) is 1. The molecule has 3 aromatic rings. The molecule has 0 bridgehead atoms. The van der Waals surface area contributed by atoms with E-state index in [1.165, 1.54) is 5.56 Å². The Labute approximate surface area is 234 Å². The Balaban J connectivity index is 1.89. The Morgan fingerprint density at radius 3 is 2.15 bits per heavy atom. The fourth-order valence-electron chi connectivity index (χ4n) is 4.51. The predicted molar refractivity (Wildman–Crippen MR) is 159 cm³/mol. The van der Waals surface area contributed by atoms with E-state index in [0.717, 1.165) is 22.4 Å². The lowest BCUT2D eigenvalue weighted by Crippen LogP contribution is -2.51. The van der Waals surface area contributed by atoms with Crippen molar-refractivity contribution in [2.75, 3.05) is 13.7 Å². The van der Waals surface area contributed by atoms with E-state index in [-0.39, 0.29) is 17.2 Å². The van der Waals surface area contributed by atoms with E-state index in [4.69, 9.17) is 4.74 Å². The van der Waals surface area contributed by atoms with E-state index in [2.05, 4.69) is 64.2 Å². The molecule has 0 aliphatic carbocycles. The van der Waals surface area contributed by atoms with Gasteiger partial charge in [-0.2, -0.15) is 0 Å². The molecule has 0 aromatic heterocycles. The summed E-state index contributed by atoms with van der Waals surface area (Å²) in [6.07, 6.45) is 1.38. The van der Waals surface area contributed by atoms with E-state index < -0.39 is 6.04 Å². The Morgan fingerprint density at radius 2 is 1.54 bits per heavy atom. The van der Waals surface area contributed by atoms with Crippen LogP contribution in [-0.2, 0) is 34.4 Å². The highest BCUT2D eigenvalue weighted by Gasteiger charge is 2.30. The largest absolute Gasteiger partial charge is 0.497 e. The van der Waals surface area contributed by atoms with Crippen LogP contribution in [0.4, 0.5) is 0 Å². The van der Waals surface area contributed by atoms with E-state index in [0.29, 0.717) is 38.3 Å². The molecule has 0 saturated heterocycles. The van der Waals surface area contributed by atoms with Crippen LogP contribution in [0.2, 0.25) is 0 Å². The number of carbonyl (C=O) groups is 2. The summed E-state index contributed by atoms with van der Waals surface area (Å²) in [5, 5.41) is 3.08. The van der Waals surface area contributed by atoms with Crippen LogP contribution < -0.4 is 10.1 Å². The molecular weight excluding hydrogens is 484 g/mol. The molecule has 1 atom stereocenters. The van der Waals surface area contributed by atoms with Crippen molar-refractivity contribution in [3.63, 3.8) is 0 Å². The second kappa shape index (κ2) is 14.0. The van der Waals surface area contributed by atoms with Crippen LogP contribution in [-0.4, -0.2) is 36.4 Å². The highest BCUT2D eigenvalue weighted by molar-refractivity contribution is 5.88. The van der Waals surface area contributed by atoms with Gasteiger partial charge in [-0.15, -0.1) is 0 Å². The maximum atomic E-state index is 13.9. The second-order valence-corrected chi connectivity index (χ2v) is 11.7. The fourth-order valence-corrected chi connectivity index (χ4v) is 4.51. The molecule has 208 valence electrons. The van der Waals surface area contributed by atoms with Gasteiger partial charge in [0.05, 0.1) is 7.11 Å². The summed E-state index contributed by atoms with van der Waals surface area (Å²) in [5.41, 5.74) is 4.40. The van der Waals surface area contributed by atoms with Crippen molar-refractivity contribution < 1.29 is 14.3 Å². The molecule has 1 N–H and O–H groups in total. The summed E-state index contributed by atoms with van der Waals surface area (Å²) < 4.78 is 5.42. The lowest BCUT2D eigenvalue weighted by molar-refractivity contribution is -0.141. The minimum Gasteiger partial charge on any atom is -0.497 e. The van der Waals surface area contributed by atoms with Gasteiger partial charge in [0.1, 0.15) is 11.8 Å². The van der Waals surface area contributed by atoms with Crippen molar-refractivity contribution in [1.82, 2.24) is 10.2 Å². The van der Waals surface area contributed by atoms with Crippen LogP contribution in [0.15, 0.2) is 78.9 Å². The van der Waals surface area contributed by atoms with Crippen molar-refractivity contribution in [2.45, 2.75) is 71.9 Å². The van der Waals surface area contributed by atoms with Gasteiger partial charge in [-0.05, 0) is 52.1 Å². The average molecular weight is 529 g/mol. The topological polar surface area (TPSA) is 58.6 Å². The smallest absolute Gasteiger partial charge is 0.243 e. The summed E-state index contributed by atoms with van der Waals surface area (Å²) in [5.74, 6) is 0.865. The van der Waals surface area contributed by atoms with Crippen LogP contribution in [0, 0.1) is 5.92 Å². The summed E-state index contributed by atoms with van der Waals surface area (Å²) >= 11 is 0. The van der Waals surface area contributed by atoms with E-state index in [1.54, 1.807) is 12.0 Å². The molecule has 3 aromatic carbocycles. The Bertz CT molecular complexity index is 1200. The van der Waals surface area contributed by atoms with Crippen molar-refractivity contribution in [2.24, 2.45) is 5.92 Å². The van der Waals surface area contributed by atoms with Gasteiger partial charge in [-0.3, -0.25) is 9.59 Å². The molecule has 0 fully saturated rings. The molecule has 0 aliphatic heterocycles. The first-order valence-electron chi connectivity index (χ1n) is 13.9. The molecule has 0 aliphatic rings. The Kier molecular flexibility index (Phi) is 10.7. The first-order valence-corrected chi connectivity index (χ1v) is 13.9. The highest BCUT2D eigenvalue weighted by Crippen LogP contribution is 2.23. The Morgan fingerprint density at radius 1 is 0.872 bits per heavy atom. The molecule has 0 heterocycles. The molecule has 0 radical (unpaired) electrons. The molecular formula is C34H44N2O3. The number of ether oxygens (including phenoxy) is 1. The number of hydrogen-bond acceptors (Lipinski definition) is 3. The van der Waals surface area contributed by atoms with Gasteiger partial charge in [-0.25, -0.2) is 0 Å². The maximum Gasteiger partial charge on any atom is 0.243 e. The summed E-state index contributed by atoms with van der Waals surface area (Å²) in [4.78, 5) is 29.2. The zero-order valence-corrected chi connectivity index (χ0v) is 24.4. The molecule has 3 rings (SSSR count). The van der Waals surface area contributed by atoms with Crippen LogP contribution in [0.1, 0.15) is 63.3 Å². The third-order valence-corrected chi connectivity index (χ3v) is 6.89. The third-order valence-electron chi connectivity index (χ3n) is 6.89. The molecule has 2 amide bonds. The predicted octanol–water partition coefficient (Wildman–Crippen LogP) is 6.34. The van der Waals surface area contributed by atoms with Crippen LogP contribution >= 0.6 is 0 Å². The zero-order chi connectivity index (χ0) is 28.4. The number of nitrogens with zero attached hydrogens (tertiary/aromatic N) is 1. The standard InChI is InChI=1S/C34H44N2O3/c1-25(2)23-35-33(38)31(22-27-11-8-7-9-12-27)36(24-28-13-10-14-30(21-28)39-6)32(37)20-17-26-15-18-29(19-16-26)34(3,4)5/h7-16,18-19,21,25,31H,17,20,22-24H2,1-6H3,(H,35,38). The van der Waals surface area contributed by atoms with Crippen LogP contribution in [0.3, 0.4) is 0 Å². The summed E-state index contributed by atoms with van der Waals surface area (Å²) in [7, 11) is 1.63. The van der Waals surface area contributed by atoms with E-state index in [9.17, 15) is 9.59 Å². The molecule has 39 heavy (non-hydrogen) atoms. The highest BCUT2D eigenvalue weighted by atomic mass is 16.5. The fraction of sp³-hybridized carbons (Fsp3) is 0.412. The monoisotopic (exact) mass is 528 g/mol. The molecule has 1 unspecified atom stereocenters. The van der Waals surface area contributed by atoms with Gasteiger partial charge in [0.2, 0.25) is 11.8 Å². The third kappa shape index (κ3) is 9.27. The molecule has 0 saturated carbocycles. The molecule has 0 spiro atoms. The van der Waals surface area contributed by atoms with Crippen molar-refractivity contribution in [1.29, 1.82) is 0 Å². The van der Waals surface area contributed by atoms with E-state index in [1.807, 2.05) is 54.6 Å². The van der Waals surface area contributed by atoms with Gasteiger partial charge in [0, 0.05) is 25.9 Å². The lowest BCUT2D eigenvalue weighted by atomic mass is 9.86. The summed E-state index contributed by atoms with van der Waals surface area (Å²) in [6, 6.07) is 25.5. The van der Waals surface area contributed by atoms with Crippen molar-refractivity contribution in [3.05, 3.63) is 101 Å². The minimum absolute atomic E-state index is 0.0432. The first kappa shape index (κ1) is 29.9. The van der Waals surface area contributed by atoms with Gasteiger partial charge >= 0.3 is 0 Å². The van der Waals surface area contributed by atoms with Crippen molar-refractivity contribution in [3.8, 4) is 5.75 Å². The number of aryl methyl sites for hydroxylation is 1. The Hall–Kier alpha value is -3.60. The van der Waals surface area contributed by atoms with Crippen LogP contribution in [0.25, 0.3) is 0 Å². The normalized spacial score (nSPS) is 12.2. The van der Waals surface area contributed by atoms with Crippen molar-refractivity contribution >= 4 is 11.8 Å². The average Bonchev–Trinajstić information content (AvgIpc) is 2.92. The second-order valence-electron chi connectivity index (χ2n) is 11.7. The number of rotatable bonds is 12. The SMILES string of the molecule is COc1cccc(CN(C(=O)CCc2ccc(C(C)(C)C)cc2)C(Cc2ccccc2)C(=O)NCC(C)C)c1. The van der Waals surface area contributed by atoms with Gasteiger partial charge in [0.25, 0.3) is 0 Å². The zero-order valence-electron chi connectivity index (χ0n) is 24.4. The number of methoxy groups -OCH3 is 1. The first-order chi connectivity index (χ1) is 18.6. The number of amides is 2. The number of carbonyl (C=O) groups excluding carboxylic acids is 2. The van der Waals surface area contributed by atoms with Gasteiger partial charge in [-0.1, -0.05) is 101 Å².